The lowest BCUT2D eigenvalue weighted by molar-refractivity contribution is 0.122. The number of benzene rings is 2. The van der Waals surface area contributed by atoms with Crippen LogP contribution in [0.3, 0.4) is 0 Å². The molecule has 2 aromatic carbocycles. The van der Waals surface area contributed by atoms with Crippen LogP contribution >= 0.6 is 11.8 Å². The average Bonchev–Trinajstić information content (AvgIpc) is 3.37. The van der Waals surface area contributed by atoms with E-state index >= 15 is 0 Å². The molecule has 3 heterocycles. The number of morpholine rings is 1. The molecular formula is C23H23N7OS. The van der Waals surface area contributed by atoms with Crippen molar-refractivity contribution in [2.45, 2.75) is 9.92 Å². The Morgan fingerprint density at radius 2 is 1.78 bits per heavy atom. The Bertz CT molecular complexity index is 1160. The Morgan fingerprint density at radius 1 is 1.00 bits per heavy atom. The number of nitrogens with zero attached hydrogens (tertiary/aromatic N) is 4. The number of H-pyrrole nitrogens is 1. The van der Waals surface area contributed by atoms with E-state index in [1.54, 1.807) is 18.0 Å². The van der Waals surface area contributed by atoms with E-state index in [2.05, 4.69) is 37.5 Å². The van der Waals surface area contributed by atoms with Crippen molar-refractivity contribution in [1.82, 2.24) is 20.2 Å². The minimum atomic E-state index is 0.536. The highest BCUT2D eigenvalue weighted by molar-refractivity contribution is 7.99. The molecular weight excluding hydrogens is 422 g/mol. The zero-order valence-corrected chi connectivity index (χ0v) is 18.2. The van der Waals surface area contributed by atoms with E-state index in [-0.39, 0.29) is 0 Å². The van der Waals surface area contributed by atoms with Gasteiger partial charge in [-0.2, -0.15) is 5.10 Å². The minimum Gasteiger partial charge on any atom is -0.399 e. The van der Waals surface area contributed by atoms with Gasteiger partial charge in [0, 0.05) is 58.6 Å². The Labute approximate surface area is 190 Å². The van der Waals surface area contributed by atoms with Gasteiger partial charge in [-0.1, -0.05) is 11.8 Å². The van der Waals surface area contributed by atoms with Gasteiger partial charge in [-0.05, 0) is 48.5 Å². The molecule has 0 atom stereocenters. The molecule has 5 rings (SSSR count). The Balaban J connectivity index is 1.38. The molecule has 1 fully saturated rings. The van der Waals surface area contributed by atoms with Crippen LogP contribution in [0.15, 0.2) is 77.0 Å². The number of anilines is 4. The molecule has 162 valence electrons. The smallest absolute Gasteiger partial charge is 0.228 e. The fraction of sp³-hybridized carbons (Fsp3) is 0.174. The molecule has 4 aromatic rings. The van der Waals surface area contributed by atoms with E-state index in [4.69, 9.17) is 15.5 Å². The van der Waals surface area contributed by atoms with E-state index in [1.165, 1.54) is 5.69 Å². The summed E-state index contributed by atoms with van der Waals surface area (Å²) in [5.74, 6) is 0.536. The predicted octanol–water partition coefficient (Wildman–Crippen LogP) is 4.18. The molecule has 8 nitrogen and oxygen atoms in total. The molecule has 1 aliphatic rings. The van der Waals surface area contributed by atoms with Gasteiger partial charge in [-0.3, -0.25) is 5.10 Å². The Hall–Kier alpha value is -3.56. The molecule has 0 amide bonds. The number of nitrogen functional groups attached to an aromatic ring is 1. The standard InChI is InChI=1S/C23H23N7OS/c24-17-1-7-20(8-2-17)32-22-21(16-13-26-27-14-16)15-25-23(29-22)28-18-3-5-19(6-4-18)30-9-11-31-12-10-30/h1-8,13-15H,9-12,24H2,(H,26,27)(H,25,28,29). The zero-order valence-electron chi connectivity index (χ0n) is 17.4. The summed E-state index contributed by atoms with van der Waals surface area (Å²) in [7, 11) is 0. The highest BCUT2D eigenvalue weighted by atomic mass is 32.2. The van der Waals surface area contributed by atoms with Gasteiger partial charge in [0.1, 0.15) is 5.03 Å². The van der Waals surface area contributed by atoms with Crippen LogP contribution in [0.4, 0.5) is 23.0 Å². The maximum Gasteiger partial charge on any atom is 0.228 e. The number of nitrogens with one attached hydrogen (secondary N) is 2. The maximum atomic E-state index is 5.83. The average molecular weight is 446 g/mol. The fourth-order valence-electron chi connectivity index (χ4n) is 3.45. The second kappa shape index (κ2) is 9.29. The third kappa shape index (κ3) is 4.68. The fourth-order valence-corrected chi connectivity index (χ4v) is 4.36. The number of aromatic nitrogens is 4. The summed E-state index contributed by atoms with van der Waals surface area (Å²) in [6.45, 7) is 3.37. The third-order valence-corrected chi connectivity index (χ3v) is 6.17. The normalized spacial score (nSPS) is 13.8. The molecule has 0 radical (unpaired) electrons. The van der Waals surface area contributed by atoms with Gasteiger partial charge in [-0.25, -0.2) is 9.97 Å². The van der Waals surface area contributed by atoms with Crippen LogP contribution in [-0.4, -0.2) is 46.5 Å². The van der Waals surface area contributed by atoms with Crippen molar-refractivity contribution in [3.05, 3.63) is 67.1 Å². The van der Waals surface area contributed by atoms with Crippen LogP contribution in [0, 0.1) is 0 Å². The number of rotatable bonds is 6. The first-order valence-electron chi connectivity index (χ1n) is 10.3. The molecule has 2 aromatic heterocycles. The van der Waals surface area contributed by atoms with E-state index in [0.29, 0.717) is 5.95 Å². The van der Waals surface area contributed by atoms with Crippen molar-refractivity contribution in [2.24, 2.45) is 0 Å². The van der Waals surface area contributed by atoms with Crippen LogP contribution in [0.25, 0.3) is 11.1 Å². The van der Waals surface area contributed by atoms with Crippen molar-refractivity contribution in [3.8, 4) is 11.1 Å². The molecule has 0 unspecified atom stereocenters. The summed E-state index contributed by atoms with van der Waals surface area (Å²) in [6.07, 6.45) is 5.42. The second-order valence-electron chi connectivity index (χ2n) is 7.34. The van der Waals surface area contributed by atoms with Gasteiger partial charge in [0.25, 0.3) is 0 Å². The molecule has 0 spiro atoms. The Morgan fingerprint density at radius 3 is 2.50 bits per heavy atom. The zero-order chi connectivity index (χ0) is 21.8. The van der Waals surface area contributed by atoms with Crippen LogP contribution in [0.1, 0.15) is 0 Å². The summed E-state index contributed by atoms with van der Waals surface area (Å²) >= 11 is 1.56. The second-order valence-corrected chi connectivity index (χ2v) is 8.40. The molecule has 4 N–H and O–H groups in total. The predicted molar refractivity (Wildman–Crippen MR) is 127 cm³/mol. The first-order chi connectivity index (χ1) is 15.7. The number of ether oxygens (including phenoxy) is 1. The van der Waals surface area contributed by atoms with Crippen LogP contribution in [0.2, 0.25) is 0 Å². The van der Waals surface area contributed by atoms with Gasteiger partial charge in [0.15, 0.2) is 0 Å². The summed E-state index contributed by atoms with van der Waals surface area (Å²) in [5, 5.41) is 11.1. The van der Waals surface area contributed by atoms with Crippen LogP contribution in [0.5, 0.6) is 0 Å². The van der Waals surface area contributed by atoms with Gasteiger partial charge in [-0.15, -0.1) is 0 Å². The summed E-state index contributed by atoms with van der Waals surface area (Å²) in [4.78, 5) is 12.7. The summed E-state index contributed by atoms with van der Waals surface area (Å²) in [6, 6.07) is 16.1. The molecule has 0 bridgehead atoms. The first-order valence-corrected chi connectivity index (χ1v) is 11.2. The van der Waals surface area contributed by atoms with Gasteiger partial charge >= 0.3 is 0 Å². The summed E-state index contributed by atoms with van der Waals surface area (Å²) < 4.78 is 5.44. The van der Waals surface area contributed by atoms with Crippen molar-refractivity contribution in [3.63, 3.8) is 0 Å². The number of hydrogen-bond donors (Lipinski definition) is 3. The minimum absolute atomic E-state index is 0.536. The first kappa shape index (κ1) is 20.3. The topological polar surface area (TPSA) is 105 Å². The largest absolute Gasteiger partial charge is 0.399 e. The van der Waals surface area contributed by atoms with E-state index in [0.717, 1.165) is 58.7 Å². The molecule has 32 heavy (non-hydrogen) atoms. The number of nitrogens with two attached hydrogens (primary N) is 1. The van der Waals surface area contributed by atoms with Crippen molar-refractivity contribution in [1.29, 1.82) is 0 Å². The van der Waals surface area contributed by atoms with Gasteiger partial charge in [0.05, 0.1) is 19.4 Å². The monoisotopic (exact) mass is 445 g/mol. The molecule has 0 saturated carbocycles. The third-order valence-electron chi connectivity index (χ3n) is 5.16. The SMILES string of the molecule is Nc1ccc(Sc2nc(Nc3ccc(N4CCOCC4)cc3)ncc2-c2cn[nH]c2)cc1. The van der Waals surface area contributed by atoms with Crippen molar-refractivity contribution in [2.75, 3.05) is 42.3 Å². The molecule has 0 aliphatic carbocycles. The lowest BCUT2D eigenvalue weighted by Crippen LogP contribution is -2.36. The molecule has 9 heteroatoms. The number of aromatic amines is 1. The van der Waals surface area contributed by atoms with Gasteiger partial charge < -0.3 is 20.7 Å². The van der Waals surface area contributed by atoms with E-state index < -0.39 is 0 Å². The number of hydrogen-bond acceptors (Lipinski definition) is 8. The van der Waals surface area contributed by atoms with E-state index in [1.807, 2.05) is 48.8 Å². The van der Waals surface area contributed by atoms with Crippen molar-refractivity contribution < 1.29 is 4.74 Å². The molecule has 1 saturated heterocycles. The van der Waals surface area contributed by atoms with Gasteiger partial charge in [0.2, 0.25) is 5.95 Å². The summed E-state index contributed by atoms with van der Waals surface area (Å²) in [5.41, 5.74) is 10.5. The maximum absolute atomic E-state index is 5.83. The molecule has 1 aliphatic heterocycles. The Kier molecular flexibility index (Phi) is 5.91. The highest BCUT2D eigenvalue weighted by Gasteiger charge is 2.14. The lowest BCUT2D eigenvalue weighted by atomic mass is 10.2. The van der Waals surface area contributed by atoms with Crippen molar-refractivity contribution >= 4 is 34.8 Å². The quantitative estimate of drug-likeness (QED) is 0.300. The highest BCUT2D eigenvalue weighted by Crippen LogP contribution is 2.35. The lowest BCUT2D eigenvalue weighted by Gasteiger charge is -2.28. The van der Waals surface area contributed by atoms with Crippen LogP contribution in [-0.2, 0) is 4.74 Å². The van der Waals surface area contributed by atoms with Crippen LogP contribution < -0.4 is 16.0 Å². The van der Waals surface area contributed by atoms with E-state index in [9.17, 15) is 0 Å².